The lowest BCUT2D eigenvalue weighted by Gasteiger charge is -2.33. The molecule has 0 amide bonds. The molecule has 0 saturated carbocycles. The molecule has 1 aromatic heterocycles. The van der Waals surface area contributed by atoms with Gasteiger partial charge in [-0.15, -0.1) is 24.0 Å². The predicted octanol–water partition coefficient (Wildman–Crippen LogP) is 4.11. The molecule has 162 valence electrons. The van der Waals surface area contributed by atoms with Crippen LogP contribution >= 0.6 is 24.0 Å². The molecular formula is C23H31IN4O2. The van der Waals surface area contributed by atoms with Crippen molar-refractivity contribution in [3.8, 4) is 11.3 Å². The highest BCUT2D eigenvalue weighted by Gasteiger charge is 2.27. The molecule has 0 radical (unpaired) electrons. The topological polar surface area (TPSA) is 66.8 Å². The number of nitrogens with zero attached hydrogens (tertiary/aromatic N) is 3. The summed E-state index contributed by atoms with van der Waals surface area (Å²) in [6.07, 6.45) is 3.42. The van der Waals surface area contributed by atoms with E-state index in [0.717, 1.165) is 55.3 Å². The Balaban J connectivity index is 0.00000320. The van der Waals surface area contributed by atoms with E-state index in [0.29, 0.717) is 13.2 Å². The van der Waals surface area contributed by atoms with Crippen molar-refractivity contribution in [1.82, 2.24) is 15.2 Å². The fourth-order valence-electron chi connectivity index (χ4n) is 3.54. The second-order valence-corrected chi connectivity index (χ2v) is 7.10. The van der Waals surface area contributed by atoms with Crippen LogP contribution in [0.2, 0.25) is 0 Å². The summed E-state index contributed by atoms with van der Waals surface area (Å²) >= 11 is 0. The van der Waals surface area contributed by atoms with Gasteiger partial charge >= 0.3 is 5.97 Å². The SMILES string of the molecule is CCNC(=NCc1cccc(-c2ccccn2)c1)N1CCC(C(=O)OCC)CC1.I. The maximum Gasteiger partial charge on any atom is 0.309 e. The maximum absolute atomic E-state index is 12.0. The van der Waals surface area contributed by atoms with Crippen molar-refractivity contribution in [2.24, 2.45) is 10.9 Å². The number of carbonyl (C=O) groups excluding carboxylic acids is 1. The number of halogens is 1. The lowest BCUT2D eigenvalue weighted by Crippen LogP contribution is -2.46. The third kappa shape index (κ3) is 6.68. The first-order valence-corrected chi connectivity index (χ1v) is 10.4. The molecule has 2 aromatic rings. The first kappa shape index (κ1) is 24.1. The number of esters is 1. The van der Waals surface area contributed by atoms with Gasteiger partial charge in [0.05, 0.1) is 24.8 Å². The average Bonchev–Trinajstić information content (AvgIpc) is 2.78. The summed E-state index contributed by atoms with van der Waals surface area (Å²) in [6.45, 7) is 7.40. The number of likely N-dealkylation sites (tertiary alicyclic amines) is 1. The maximum atomic E-state index is 12.0. The zero-order valence-electron chi connectivity index (χ0n) is 17.7. The fourth-order valence-corrected chi connectivity index (χ4v) is 3.54. The van der Waals surface area contributed by atoms with E-state index >= 15 is 0 Å². The molecule has 3 rings (SSSR count). The Bertz CT molecular complexity index is 821. The van der Waals surface area contributed by atoms with Gasteiger partial charge in [-0.2, -0.15) is 0 Å². The van der Waals surface area contributed by atoms with Crippen molar-refractivity contribution >= 4 is 35.9 Å². The van der Waals surface area contributed by atoms with Crippen LogP contribution in [0.25, 0.3) is 11.3 Å². The smallest absolute Gasteiger partial charge is 0.309 e. The molecule has 2 heterocycles. The number of guanidine groups is 1. The van der Waals surface area contributed by atoms with Crippen LogP contribution in [0.15, 0.2) is 53.7 Å². The van der Waals surface area contributed by atoms with Gasteiger partial charge < -0.3 is 15.0 Å². The minimum atomic E-state index is -0.0691. The van der Waals surface area contributed by atoms with Gasteiger partial charge in [0, 0.05) is 31.4 Å². The quantitative estimate of drug-likeness (QED) is 0.268. The zero-order chi connectivity index (χ0) is 20.5. The second-order valence-electron chi connectivity index (χ2n) is 7.10. The van der Waals surface area contributed by atoms with Crippen molar-refractivity contribution in [1.29, 1.82) is 0 Å². The normalized spacial score (nSPS) is 14.7. The van der Waals surface area contributed by atoms with Gasteiger partial charge in [0.2, 0.25) is 0 Å². The molecule has 7 heteroatoms. The highest BCUT2D eigenvalue weighted by Crippen LogP contribution is 2.20. The van der Waals surface area contributed by atoms with Crippen molar-refractivity contribution < 1.29 is 9.53 Å². The summed E-state index contributed by atoms with van der Waals surface area (Å²) in [4.78, 5) is 23.5. The number of nitrogens with one attached hydrogen (secondary N) is 1. The molecule has 0 atom stereocenters. The molecule has 1 saturated heterocycles. The van der Waals surface area contributed by atoms with Crippen LogP contribution in [0.4, 0.5) is 0 Å². The first-order chi connectivity index (χ1) is 14.2. The molecule has 0 spiro atoms. The third-order valence-electron chi connectivity index (χ3n) is 5.05. The summed E-state index contributed by atoms with van der Waals surface area (Å²) in [5.74, 6) is 0.836. The highest BCUT2D eigenvalue weighted by atomic mass is 127. The Labute approximate surface area is 196 Å². The first-order valence-electron chi connectivity index (χ1n) is 10.4. The molecule has 1 aromatic carbocycles. The minimum absolute atomic E-state index is 0. The standard InChI is InChI=1S/C23H30N4O2.HI/c1-3-24-23(27-14-11-19(12-15-27)22(28)29-4-2)26-17-18-8-7-9-20(16-18)21-10-5-6-13-25-21;/h5-10,13,16,19H,3-4,11-12,14-15,17H2,1-2H3,(H,24,26);1H. The molecule has 0 unspecified atom stereocenters. The van der Waals surface area contributed by atoms with Crippen LogP contribution in [0.3, 0.4) is 0 Å². The minimum Gasteiger partial charge on any atom is -0.466 e. The largest absolute Gasteiger partial charge is 0.466 e. The molecule has 1 aliphatic rings. The van der Waals surface area contributed by atoms with E-state index < -0.39 is 0 Å². The van der Waals surface area contributed by atoms with E-state index in [-0.39, 0.29) is 35.9 Å². The number of benzene rings is 1. The van der Waals surface area contributed by atoms with Crippen LogP contribution in [-0.2, 0) is 16.1 Å². The van der Waals surface area contributed by atoms with E-state index in [4.69, 9.17) is 9.73 Å². The average molecular weight is 522 g/mol. The Morgan fingerprint density at radius 3 is 2.67 bits per heavy atom. The Hall–Kier alpha value is -2.16. The van der Waals surface area contributed by atoms with Crippen molar-refractivity contribution in [2.75, 3.05) is 26.2 Å². The van der Waals surface area contributed by atoms with E-state index in [2.05, 4.69) is 40.3 Å². The number of pyridine rings is 1. The predicted molar refractivity (Wildman–Crippen MR) is 131 cm³/mol. The van der Waals surface area contributed by atoms with E-state index in [1.54, 1.807) is 0 Å². The van der Waals surface area contributed by atoms with Crippen molar-refractivity contribution in [3.63, 3.8) is 0 Å². The van der Waals surface area contributed by atoms with Gasteiger partial charge in [-0.25, -0.2) is 4.99 Å². The second kappa shape index (κ2) is 12.5. The summed E-state index contributed by atoms with van der Waals surface area (Å²) in [5.41, 5.74) is 3.20. The van der Waals surface area contributed by atoms with Crippen LogP contribution in [0, 0.1) is 5.92 Å². The van der Waals surface area contributed by atoms with Gasteiger partial charge in [0.25, 0.3) is 0 Å². The number of carbonyl (C=O) groups is 1. The number of ether oxygens (including phenoxy) is 1. The lowest BCUT2D eigenvalue weighted by atomic mass is 9.97. The van der Waals surface area contributed by atoms with Crippen LogP contribution in [-0.4, -0.2) is 48.1 Å². The van der Waals surface area contributed by atoms with Gasteiger partial charge in [0.15, 0.2) is 5.96 Å². The molecule has 0 bridgehead atoms. The lowest BCUT2D eigenvalue weighted by molar-refractivity contribution is -0.149. The Kier molecular flexibility index (Phi) is 10.1. The summed E-state index contributed by atoms with van der Waals surface area (Å²) in [6, 6.07) is 14.3. The van der Waals surface area contributed by atoms with Gasteiger partial charge in [-0.05, 0) is 50.5 Å². The number of piperidine rings is 1. The summed E-state index contributed by atoms with van der Waals surface area (Å²) in [5, 5.41) is 3.39. The number of rotatable bonds is 6. The Morgan fingerprint density at radius 1 is 1.20 bits per heavy atom. The molecule has 30 heavy (non-hydrogen) atoms. The number of hydrogen-bond donors (Lipinski definition) is 1. The molecule has 1 N–H and O–H groups in total. The summed E-state index contributed by atoms with van der Waals surface area (Å²) < 4.78 is 5.17. The van der Waals surface area contributed by atoms with Crippen LogP contribution < -0.4 is 5.32 Å². The molecular weight excluding hydrogens is 491 g/mol. The molecule has 0 aliphatic carbocycles. The fraction of sp³-hybridized carbons (Fsp3) is 0.435. The van der Waals surface area contributed by atoms with E-state index in [1.165, 1.54) is 0 Å². The molecule has 1 fully saturated rings. The molecule has 6 nitrogen and oxygen atoms in total. The van der Waals surface area contributed by atoms with Crippen molar-refractivity contribution in [3.05, 3.63) is 54.2 Å². The van der Waals surface area contributed by atoms with Gasteiger partial charge in [-0.3, -0.25) is 9.78 Å². The summed E-state index contributed by atoms with van der Waals surface area (Å²) in [7, 11) is 0. The number of aliphatic imine (C=N–C) groups is 1. The van der Waals surface area contributed by atoms with Gasteiger partial charge in [0.1, 0.15) is 0 Å². The van der Waals surface area contributed by atoms with Crippen molar-refractivity contribution in [2.45, 2.75) is 33.2 Å². The third-order valence-corrected chi connectivity index (χ3v) is 5.05. The monoisotopic (exact) mass is 522 g/mol. The Morgan fingerprint density at radius 2 is 2.00 bits per heavy atom. The number of hydrogen-bond acceptors (Lipinski definition) is 4. The number of aromatic nitrogens is 1. The zero-order valence-corrected chi connectivity index (χ0v) is 20.0. The van der Waals surface area contributed by atoms with E-state index in [9.17, 15) is 4.79 Å². The van der Waals surface area contributed by atoms with E-state index in [1.807, 2.05) is 37.4 Å². The van der Waals surface area contributed by atoms with Crippen LogP contribution in [0.1, 0.15) is 32.3 Å². The van der Waals surface area contributed by atoms with Crippen LogP contribution in [0.5, 0.6) is 0 Å². The molecule has 1 aliphatic heterocycles. The highest BCUT2D eigenvalue weighted by molar-refractivity contribution is 14.0. The van der Waals surface area contributed by atoms with Gasteiger partial charge in [-0.1, -0.05) is 24.3 Å².